The molecule has 1 aliphatic carbocycles. The lowest BCUT2D eigenvalue weighted by molar-refractivity contribution is -0.139. The highest BCUT2D eigenvalue weighted by molar-refractivity contribution is 5.78. The van der Waals surface area contributed by atoms with Gasteiger partial charge in [0.1, 0.15) is 11.5 Å². The van der Waals surface area contributed by atoms with E-state index in [1.54, 1.807) is 7.11 Å². The van der Waals surface area contributed by atoms with E-state index < -0.39 is 5.97 Å². The lowest BCUT2D eigenvalue weighted by Gasteiger charge is -2.31. The topological polar surface area (TPSA) is 84.9 Å². The van der Waals surface area contributed by atoms with Crippen LogP contribution in [-0.4, -0.2) is 30.7 Å². The van der Waals surface area contributed by atoms with Gasteiger partial charge in [-0.05, 0) is 85.0 Å². The minimum Gasteiger partial charge on any atom is -0.497 e. The summed E-state index contributed by atoms with van der Waals surface area (Å²) in [4.78, 5) is 23.7. The number of ether oxygens (including phenoxy) is 2. The fourth-order valence-electron chi connectivity index (χ4n) is 4.35. The van der Waals surface area contributed by atoms with Crippen molar-refractivity contribution < 1.29 is 24.2 Å². The van der Waals surface area contributed by atoms with Gasteiger partial charge in [-0.3, -0.25) is 4.79 Å². The second kappa shape index (κ2) is 9.86. The lowest BCUT2D eigenvalue weighted by Crippen LogP contribution is -2.35. The summed E-state index contributed by atoms with van der Waals surface area (Å²) in [6, 6.07) is 9.61. The van der Waals surface area contributed by atoms with E-state index in [9.17, 15) is 9.59 Å². The summed E-state index contributed by atoms with van der Waals surface area (Å²) < 4.78 is 10.7. The molecule has 1 amide bonds. The molecule has 0 aliphatic heterocycles. The molecule has 3 rings (SSSR count). The number of carbonyl (C=O) groups excluding carboxylic acids is 1. The van der Waals surface area contributed by atoms with Crippen LogP contribution in [0.5, 0.6) is 11.5 Å². The number of hydrogen-bond donors (Lipinski definition) is 2. The molecule has 0 saturated heterocycles. The van der Waals surface area contributed by atoms with E-state index in [2.05, 4.69) is 5.32 Å². The Morgan fingerprint density at radius 2 is 1.90 bits per heavy atom. The van der Waals surface area contributed by atoms with Gasteiger partial charge in [0.05, 0.1) is 7.11 Å². The molecular weight excluding hydrogens is 394 g/mol. The third-order valence-corrected chi connectivity index (χ3v) is 6.34. The summed E-state index contributed by atoms with van der Waals surface area (Å²) in [6.45, 7) is 6.14. The number of methoxy groups -OCH3 is 1. The largest absolute Gasteiger partial charge is 0.497 e. The number of amides is 1. The molecule has 1 aliphatic rings. The number of aliphatic carboxylic acids is 1. The number of carbonyl (C=O) groups is 2. The fourth-order valence-corrected chi connectivity index (χ4v) is 4.35. The first-order valence-corrected chi connectivity index (χ1v) is 10.7. The molecule has 2 aromatic carbocycles. The Labute approximate surface area is 183 Å². The van der Waals surface area contributed by atoms with Crippen molar-refractivity contribution in [2.75, 3.05) is 13.7 Å². The molecule has 0 radical (unpaired) electrons. The summed E-state index contributed by atoms with van der Waals surface area (Å²) >= 11 is 0. The van der Waals surface area contributed by atoms with Crippen LogP contribution in [0, 0.1) is 25.7 Å². The Kier molecular flexibility index (Phi) is 7.21. The second-order valence-corrected chi connectivity index (χ2v) is 8.31. The smallest absolute Gasteiger partial charge is 0.341 e. The molecule has 0 heterocycles. The van der Waals surface area contributed by atoms with Crippen molar-refractivity contribution >= 4 is 11.9 Å². The SMILES string of the molecule is COc1ccc(CNC(=O)C(C)C2CCc3c(C)cc(OCC(=O)O)c(C)c3C2)cc1. The fraction of sp³-hybridized carbons (Fsp3) is 0.440. The van der Waals surface area contributed by atoms with E-state index >= 15 is 0 Å². The Balaban J connectivity index is 1.66. The zero-order chi connectivity index (χ0) is 22.5. The molecule has 0 saturated carbocycles. The molecule has 0 spiro atoms. The average Bonchev–Trinajstić information content (AvgIpc) is 2.78. The van der Waals surface area contributed by atoms with Gasteiger partial charge in [0.25, 0.3) is 0 Å². The molecule has 0 bridgehead atoms. The normalized spacial score (nSPS) is 16.2. The van der Waals surface area contributed by atoms with Crippen molar-refractivity contribution in [3.05, 3.63) is 58.1 Å². The van der Waals surface area contributed by atoms with Crippen LogP contribution in [0.15, 0.2) is 30.3 Å². The van der Waals surface area contributed by atoms with Gasteiger partial charge in [-0.1, -0.05) is 19.1 Å². The van der Waals surface area contributed by atoms with Crippen LogP contribution in [0.25, 0.3) is 0 Å². The number of rotatable bonds is 8. The average molecular weight is 426 g/mol. The number of fused-ring (bicyclic) bond motifs is 1. The molecule has 2 aromatic rings. The Morgan fingerprint density at radius 1 is 1.19 bits per heavy atom. The highest BCUT2D eigenvalue weighted by Gasteiger charge is 2.30. The van der Waals surface area contributed by atoms with Crippen molar-refractivity contribution in [2.24, 2.45) is 11.8 Å². The highest BCUT2D eigenvalue weighted by atomic mass is 16.5. The van der Waals surface area contributed by atoms with Crippen molar-refractivity contribution in [3.8, 4) is 11.5 Å². The second-order valence-electron chi connectivity index (χ2n) is 8.31. The number of nitrogens with one attached hydrogen (secondary N) is 1. The predicted octanol–water partition coefficient (Wildman–Crippen LogP) is 3.83. The molecule has 0 aromatic heterocycles. The standard InChI is InChI=1S/C25H31NO5/c1-15-11-23(31-14-24(27)28)17(3)22-12-19(7-10-21(15)22)16(2)25(29)26-13-18-5-8-20(30-4)9-6-18/h5-6,8-9,11,16,19H,7,10,12-14H2,1-4H3,(H,26,29)(H,27,28). The van der Waals surface area contributed by atoms with Gasteiger partial charge >= 0.3 is 5.97 Å². The van der Waals surface area contributed by atoms with E-state index in [1.165, 1.54) is 11.1 Å². The van der Waals surface area contributed by atoms with Crippen LogP contribution in [0.4, 0.5) is 0 Å². The number of hydrogen-bond acceptors (Lipinski definition) is 4. The first kappa shape index (κ1) is 22.7. The number of benzene rings is 2. The van der Waals surface area contributed by atoms with E-state index in [0.29, 0.717) is 12.3 Å². The molecule has 0 fully saturated rings. The van der Waals surface area contributed by atoms with Gasteiger partial charge in [0, 0.05) is 12.5 Å². The summed E-state index contributed by atoms with van der Waals surface area (Å²) in [7, 11) is 1.63. The van der Waals surface area contributed by atoms with Crippen LogP contribution >= 0.6 is 0 Å². The molecular formula is C25H31NO5. The summed E-state index contributed by atoms with van der Waals surface area (Å²) in [6.07, 6.45) is 2.67. The molecule has 2 N–H and O–H groups in total. The molecule has 6 heteroatoms. The Bertz CT molecular complexity index is 951. The van der Waals surface area contributed by atoms with E-state index in [0.717, 1.165) is 41.7 Å². The van der Waals surface area contributed by atoms with E-state index in [1.807, 2.05) is 51.1 Å². The Hall–Kier alpha value is -3.02. The maximum Gasteiger partial charge on any atom is 0.341 e. The molecule has 2 unspecified atom stereocenters. The number of carboxylic acid groups (broad SMARTS) is 1. The van der Waals surface area contributed by atoms with Crippen LogP contribution in [0.1, 0.15) is 41.2 Å². The Morgan fingerprint density at radius 3 is 2.55 bits per heavy atom. The maximum absolute atomic E-state index is 12.8. The third-order valence-electron chi connectivity index (χ3n) is 6.34. The molecule has 31 heavy (non-hydrogen) atoms. The molecule has 6 nitrogen and oxygen atoms in total. The van der Waals surface area contributed by atoms with Gasteiger partial charge in [0.15, 0.2) is 6.61 Å². The summed E-state index contributed by atoms with van der Waals surface area (Å²) in [5.41, 5.74) is 5.64. The van der Waals surface area contributed by atoms with Crippen molar-refractivity contribution in [3.63, 3.8) is 0 Å². The van der Waals surface area contributed by atoms with E-state index in [4.69, 9.17) is 14.6 Å². The molecule has 166 valence electrons. The minimum atomic E-state index is -0.991. The summed E-state index contributed by atoms with van der Waals surface area (Å²) in [5.74, 6) is 0.593. The van der Waals surface area contributed by atoms with Gasteiger partial charge in [-0.15, -0.1) is 0 Å². The quantitative estimate of drug-likeness (QED) is 0.671. The van der Waals surface area contributed by atoms with Crippen molar-refractivity contribution in [1.29, 1.82) is 0 Å². The minimum absolute atomic E-state index is 0.0527. The van der Waals surface area contributed by atoms with Gasteiger partial charge < -0.3 is 19.9 Å². The third kappa shape index (κ3) is 5.37. The van der Waals surface area contributed by atoms with Gasteiger partial charge in [-0.2, -0.15) is 0 Å². The lowest BCUT2D eigenvalue weighted by atomic mass is 9.74. The van der Waals surface area contributed by atoms with Crippen LogP contribution < -0.4 is 14.8 Å². The van der Waals surface area contributed by atoms with Crippen LogP contribution in [0.3, 0.4) is 0 Å². The van der Waals surface area contributed by atoms with Gasteiger partial charge in [-0.25, -0.2) is 4.79 Å². The zero-order valence-electron chi connectivity index (χ0n) is 18.7. The number of aryl methyl sites for hydroxylation is 1. The van der Waals surface area contributed by atoms with Crippen molar-refractivity contribution in [2.45, 2.75) is 46.6 Å². The predicted molar refractivity (Wildman–Crippen MR) is 119 cm³/mol. The monoisotopic (exact) mass is 425 g/mol. The van der Waals surface area contributed by atoms with Crippen LogP contribution in [-0.2, 0) is 29.0 Å². The molecule has 2 atom stereocenters. The maximum atomic E-state index is 12.8. The van der Waals surface area contributed by atoms with Crippen molar-refractivity contribution in [1.82, 2.24) is 5.32 Å². The summed E-state index contributed by atoms with van der Waals surface area (Å²) in [5, 5.41) is 12.0. The van der Waals surface area contributed by atoms with E-state index in [-0.39, 0.29) is 24.3 Å². The number of carboxylic acids is 1. The first-order chi connectivity index (χ1) is 14.8. The van der Waals surface area contributed by atoms with Crippen LogP contribution in [0.2, 0.25) is 0 Å². The zero-order valence-corrected chi connectivity index (χ0v) is 18.7. The van der Waals surface area contributed by atoms with Gasteiger partial charge in [0.2, 0.25) is 5.91 Å². The highest BCUT2D eigenvalue weighted by Crippen LogP contribution is 2.37. The first-order valence-electron chi connectivity index (χ1n) is 10.7.